The highest BCUT2D eigenvalue weighted by atomic mass is 32.2. The zero-order chi connectivity index (χ0) is 19.3. The van der Waals surface area contributed by atoms with Crippen molar-refractivity contribution in [2.75, 3.05) is 5.75 Å². The van der Waals surface area contributed by atoms with Gasteiger partial charge in [-0.05, 0) is 23.8 Å². The number of nitrogens with zero attached hydrogens (tertiary/aromatic N) is 1. The summed E-state index contributed by atoms with van der Waals surface area (Å²) >= 11 is 1.57. The molecule has 4 rings (SSSR count). The van der Waals surface area contributed by atoms with E-state index in [1.54, 1.807) is 41.3 Å². The first-order valence-corrected chi connectivity index (χ1v) is 10.1. The molecule has 0 bridgehead atoms. The van der Waals surface area contributed by atoms with Crippen molar-refractivity contribution >= 4 is 23.6 Å². The van der Waals surface area contributed by atoms with E-state index in [1.165, 1.54) is 0 Å². The van der Waals surface area contributed by atoms with Crippen LogP contribution in [0.4, 0.5) is 0 Å². The topological polar surface area (TPSA) is 62.6 Å². The maximum atomic E-state index is 13.2. The molecule has 0 saturated carbocycles. The highest BCUT2D eigenvalue weighted by Gasteiger charge is 2.42. The standard InChI is InChI=1S/C22H20N2O3S/c25-20(23-13-16-7-3-1-4-8-16)19-15-28-22(18-11-12-27-14-18)24(19)21(26)17-9-5-2-6-10-17/h1-12,14,19,22H,13,15H2,(H,23,25). The maximum absolute atomic E-state index is 13.2. The zero-order valence-corrected chi connectivity index (χ0v) is 16.0. The van der Waals surface area contributed by atoms with Crippen molar-refractivity contribution in [3.05, 3.63) is 95.9 Å². The summed E-state index contributed by atoms with van der Waals surface area (Å²) in [6.07, 6.45) is 3.22. The van der Waals surface area contributed by atoms with E-state index in [-0.39, 0.29) is 17.2 Å². The number of benzene rings is 2. The number of nitrogens with one attached hydrogen (secondary N) is 1. The fourth-order valence-electron chi connectivity index (χ4n) is 3.26. The predicted molar refractivity (Wildman–Crippen MR) is 109 cm³/mol. The normalized spacial score (nSPS) is 18.8. The lowest BCUT2D eigenvalue weighted by molar-refractivity contribution is -0.125. The van der Waals surface area contributed by atoms with Gasteiger partial charge in [-0.15, -0.1) is 11.8 Å². The van der Waals surface area contributed by atoms with E-state index in [4.69, 9.17) is 4.42 Å². The van der Waals surface area contributed by atoms with Gasteiger partial charge in [-0.2, -0.15) is 0 Å². The molecule has 0 aliphatic carbocycles. The number of amides is 2. The van der Waals surface area contributed by atoms with Crippen LogP contribution in [0.15, 0.2) is 83.7 Å². The van der Waals surface area contributed by atoms with Crippen LogP contribution in [0.3, 0.4) is 0 Å². The van der Waals surface area contributed by atoms with Gasteiger partial charge in [-0.1, -0.05) is 48.5 Å². The minimum Gasteiger partial charge on any atom is -0.472 e. The summed E-state index contributed by atoms with van der Waals surface area (Å²) < 4.78 is 5.21. The fourth-order valence-corrected chi connectivity index (χ4v) is 4.67. The lowest BCUT2D eigenvalue weighted by atomic mass is 10.1. The Hall–Kier alpha value is -2.99. The quantitative estimate of drug-likeness (QED) is 0.716. The van der Waals surface area contributed by atoms with Crippen LogP contribution in [-0.2, 0) is 11.3 Å². The Labute approximate surface area is 167 Å². The molecule has 5 nitrogen and oxygen atoms in total. The van der Waals surface area contributed by atoms with Crippen molar-refractivity contribution in [1.82, 2.24) is 10.2 Å². The van der Waals surface area contributed by atoms with E-state index in [0.717, 1.165) is 11.1 Å². The molecule has 6 heteroatoms. The zero-order valence-electron chi connectivity index (χ0n) is 15.2. The summed E-state index contributed by atoms with van der Waals surface area (Å²) in [4.78, 5) is 27.9. The molecule has 0 spiro atoms. The number of furan rings is 1. The lowest BCUT2D eigenvalue weighted by Gasteiger charge is -2.28. The molecule has 2 heterocycles. The van der Waals surface area contributed by atoms with Crippen LogP contribution in [-0.4, -0.2) is 28.5 Å². The Balaban J connectivity index is 1.56. The summed E-state index contributed by atoms with van der Waals surface area (Å²) in [5.74, 6) is 0.234. The van der Waals surface area contributed by atoms with Gasteiger partial charge in [0.15, 0.2) is 0 Å². The molecule has 1 aromatic heterocycles. The lowest BCUT2D eigenvalue weighted by Crippen LogP contribution is -2.47. The third-order valence-corrected chi connectivity index (χ3v) is 6.02. The monoisotopic (exact) mass is 392 g/mol. The molecule has 142 valence electrons. The molecule has 1 aliphatic heterocycles. The van der Waals surface area contributed by atoms with Crippen molar-refractivity contribution in [1.29, 1.82) is 0 Å². The number of carbonyl (C=O) groups excluding carboxylic acids is 2. The number of thioether (sulfide) groups is 1. The Bertz CT molecular complexity index is 929. The van der Waals surface area contributed by atoms with Crippen molar-refractivity contribution < 1.29 is 14.0 Å². The van der Waals surface area contributed by atoms with Gasteiger partial charge in [0.05, 0.1) is 12.5 Å². The number of rotatable bonds is 5. The minimum atomic E-state index is -0.540. The van der Waals surface area contributed by atoms with E-state index < -0.39 is 6.04 Å². The van der Waals surface area contributed by atoms with E-state index in [1.807, 2.05) is 54.6 Å². The van der Waals surface area contributed by atoms with E-state index in [0.29, 0.717) is 17.9 Å². The maximum Gasteiger partial charge on any atom is 0.255 e. The first-order chi connectivity index (χ1) is 13.7. The molecule has 0 radical (unpaired) electrons. The highest BCUT2D eigenvalue weighted by Crippen LogP contribution is 2.42. The fraction of sp³-hybridized carbons (Fsp3) is 0.182. The molecule has 2 amide bonds. The average Bonchev–Trinajstić information content (AvgIpc) is 3.42. The first kappa shape index (κ1) is 18.4. The predicted octanol–water partition coefficient (Wildman–Crippen LogP) is 3.85. The van der Waals surface area contributed by atoms with Gasteiger partial charge in [0.25, 0.3) is 5.91 Å². The van der Waals surface area contributed by atoms with Gasteiger partial charge < -0.3 is 14.6 Å². The summed E-state index contributed by atoms with van der Waals surface area (Å²) in [5.41, 5.74) is 2.47. The molecular formula is C22H20N2O3S. The van der Waals surface area contributed by atoms with Crippen LogP contribution in [0, 0.1) is 0 Å². The van der Waals surface area contributed by atoms with Crippen molar-refractivity contribution in [2.45, 2.75) is 18.0 Å². The van der Waals surface area contributed by atoms with Crippen molar-refractivity contribution in [3.63, 3.8) is 0 Å². The number of hydrogen-bond acceptors (Lipinski definition) is 4. The molecule has 3 aromatic rings. The van der Waals surface area contributed by atoms with Crippen LogP contribution in [0.25, 0.3) is 0 Å². The van der Waals surface area contributed by atoms with Gasteiger partial charge in [0, 0.05) is 23.4 Å². The third kappa shape index (κ3) is 3.82. The highest BCUT2D eigenvalue weighted by molar-refractivity contribution is 7.99. The van der Waals surface area contributed by atoms with Gasteiger partial charge in [-0.25, -0.2) is 0 Å². The average molecular weight is 392 g/mol. The molecule has 1 saturated heterocycles. The molecule has 2 aromatic carbocycles. The second-order valence-electron chi connectivity index (χ2n) is 6.54. The second kappa shape index (κ2) is 8.35. The summed E-state index contributed by atoms with van der Waals surface area (Å²) in [6, 6.07) is 20.1. The van der Waals surface area contributed by atoms with Crippen LogP contribution in [0.1, 0.15) is 26.9 Å². The van der Waals surface area contributed by atoms with Crippen LogP contribution >= 0.6 is 11.8 Å². The van der Waals surface area contributed by atoms with E-state index >= 15 is 0 Å². The van der Waals surface area contributed by atoms with Crippen molar-refractivity contribution in [3.8, 4) is 0 Å². The number of hydrogen-bond donors (Lipinski definition) is 1. The molecule has 1 N–H and O–H groups in total. The van der Waals surface area contributed by atoms with Gasteiger partial charge in [0.1, 0.15) is 11.4 Å². The Morgan fingerprint density at radius 1 is 1.04 bits per heavy atom. The third-order valence-electron chi connectivity index (χ3n) is 4.70. The molecular weight excluding hydrogens is 372 g/mol. The van der Waals surface area contributed by atoms with E-state index in [9.17, 15) is 9.59 Å². The van der Waals surface area contributed by atoms with Gasteiger partial charge >= 0.3 is 0 Å². The molecule has 28 heavy (non-hydrogen) atoms. The summed E-state index contributed by atoms with van der Waals surface area (Å²) in [7, 11) is 0. The smallest absolute Gasteiger partial charge is 0.255 e. The summed E-state index contributed by atoms with van der Waals surface area (Å²) in [5, 5.41) is 2.72. The van der Waals surface area contributed by atoms with Crippen LogP contribution in [0.2, 0.25) is 0 Å². The Morgan fingerprint density at radius 2 is 1.75 bits per heavy atom. The van der Waals surface area contributed by atoms with E-state index in [2.05, 4.69) is 5.32 Å². The summed E-state index contributed by atoms with van der Waals surface area (Å²) in [6.45, 7) is 0.435. The molecule has 1 fully saturated rings. The van der Waals surface area contributed by atoms with Crippen LogP contribution < -0.4 is 5.32 Å². The SMILES string of the molecule is O=C(NCc1ccccc1)C1CSC(c2ccoc2)N1C(=O)c1ccccc1. The molecule has 2 unspecified atom stereocenters. The Morgan fingerprint density at radius 3 is 2.43 bits per heavy atom. The first-order valence-electron chi connectivity index (χ1n) is 9.07. The van der Waals surface area contributed by atoms with Gasteiger partial charge in [-0.3, -0.25) is 9.59 Å². The van der Waals surface area contributed by atoms with Crippen molar-refractivity contribution in [2.24, 2.45) is 0 Å². The van der Waals surface area contributed by atoms with Gasteiger partial charge in [0.2, 0.25) is 5.91 Å². The minimum absolute atomic E-state index is 0.147. The second-order valence-corrected chi connectivity index (χ2v) is 7.65. The largest absolute Gasteiger partial charge is 0.472 e. The van der Waals surface area contributed by atoms with Crippen LogP contribution in [0.5, 0.6) is 0 Å². The molecule has 1 aliphatic rings. The number of carbonyl (C=O) groups is 2. The Kier molecular flexibility index (Phi) is 5.48. The molecule has 2 atom stereocenters.